The summed E-state index contributed by atoms with van der Waals surface area (Å²) >= 11 is 6.91. The average Bonchev–Trinajstić information content (AvgIpc) is 3.19. The van der Waals surface area contributed by atoms with Gasteiger partial charge in [-0.05, 0) is 36.2 Å². The zero-order chi connectivity index (χ0) is 20.4. The third-order valence-electron chi connectivity index (χ3n) is 4.97. The van der Waals surface area contributed by atoms with Crippen molar-refractivity contribution in [2.45, 2.75) is 17.1 Å². The maximum atomic E-state index is 12.7. The number of fused-ring (bicyclic) bond motifs is 1. The molecule has 1 aromatic carbocycles. The van der Waals surface area contributed by atoms with Crippen LogP contribution in [0.2, 0.25) is 4.34 Å². The molecule has 2 aliphatic heterocycles. The van der Waals surface area contributed by atoms with Crippen molar-refractivity contribution in [3.63, 3.8) is 0 Å². The molecule has 0 N–H and O–H groups in total. The van der Waals surface area contributed by atoms with Crippen LogP contribution >= 0.6 is 22.9 Å². The molecule has 0 unspecified atom stereocenters. The molecule has 0 aliphatic carbocycles. The molecule has 2 aliphatic rings. The van der Waals surface area contributed by atoms with E-state index in [1.165, 1.54) is 10.4 Å². The van der Waals surface area contributed by atoms with Crippen molar-refractivity contribution >= 4 is 38.9 Å². The maximum Gasteiger partial charge on any atom is 0.252 e. The summed E-state index contributed by atoms with van der Waals surface area (Å²) in [6, 6.07) is 8.83. The molecule has 4 rings (SSSR count). The monoisotopic (exact) mass is 456 g/mol. The Balaban J connectivity index is 1.30. The number of aryl methyl sites for hydroxylation is 1. The first-order valence-corrected chi connectivity index (χ1v) is 12.0. The van der Waals surface area contributed by atoms with E-state index in [1.807, 2.05) is 18.2 Å². The molecular weight excluding hydrogens is 436 g/mol. The van der Waals surface area contributed by atoms with Crippen molar-refractivity contribution in [1.82, 2.24) is 9.21 Å². The number of nitrogens with zero attached hydrogens (tertiary/aromatic N) is 2. The van der Waals surface area contributed by atoms with Gasteiger partial charge in [0, 0.05) is 32.6 Å². The topological polar surface area (TPSA) is 76.2 Å². The van der Waals surface area contributed by atoms with Crippen LogP contribution in [0, 0.1) is 0 Å². The lowest BCUT2D eigenvalue weighted by Gasteiger charge is -2.33. The molecule has 3 heterocycles. The molecule has 0 bridgehead atoms. The number of amides is 1. The first-order chi connectivity index (χ1) is 13.9. The molecule has 2 aromatic rings. The minimum absolute atomic E-state index is 0.0242. The standard InChI is InChI=1S/C19H21ClN2O5S2/c20-17-4-6-19(28-17)29(24,25)22-9-7-21(8-10-22)18(23)5-2-14-1-3-15-16(13-14)27-12-11-26-15/h1,3-4,6,13H,2,5,7-12H2. The second-order valence-corrected chi connectivity index (χ2v) is 10.7. The summed E-state index contributed by atoms with van der Waals surface area (Å²) < 4.78 is 38.5. The predicted octanol–water partition coefficient (Wildman–Crippen LogP) is 2.64. The van der Waals surface area contributed by atoms with Gasteiger partial charge in [-0.3, -0.25) is 4.79 Å². The number of benzene rings is 1. The van der Waals surface area contributed by atoms with Gasteiger partial charge in [-0.2, -0.15) is 4.31 Å². The minimum Gasteiger partial charge on any atom is -0.486 e. The molecule has 29 heavy (non-hydrogen) atoms. The minimum atomic E-state index is -3.55. The smallest absolute Gasteiger partial charge is 0.252 e. The molecule has 0 saturated carbocycles. The highest BCUT2D eigenvalue weighted by Crippen LogP contribution is 2.31. The van der Waals surface area contributed by atoms with Crippen molar-refractivity contribution in [3.8, 4) is 11.5 Å². The molecule has 1 saturated heterocycles. The van der Waals surface area contributed by atoms with Crippen molar-refractivity contribution in [2.75, 3.05) is 39.4 Å². The van der Waals surface area contributed by atoms with Gasteiger partial charge in [0.05, 0.1) is 4.34 Å². The van der Waals surface area contributed by atoms with Gasteiger partial charge in [0.2, 0.25) is 5.91 Å². The summed E-state index contributed by atoms with van der Waals surface area (Å²) in [5.41, 5.74) is 1.01. The van der Waals surface area contributed by atoms with Gasteiger partial charge >= 0.3 is 0 Å². The quantitative estimate of drug-likeness (QED) is 0.691. The molecule has 0 spiro atoms. The lowest BCUT2D eigenvalue weighted by molar-refractivity contribution is -0.132. The fourth-order valence-corrected chi connectivity index (χ4v) is 6.45. The van der Waals surface area contributed by atoms with Gasteiger partial charge in [0.25, 0.3) is 10.0 Å². The Morgan fingerprint density at radius 3 is 2.45 bits per heavy atom. The Bertz CT molecular complexity index is 1000. The number of carbonyl (C=O) groups is 1. The van der Waals surface area contributed by atoms with Gasteiger partial charge in [0.15, 0.2) is 11.5 Å². The zero-order valence-electron chi connectivity index (χ0n) is 15.7. The fraction of sp³-hybridized carbons (Fsp3) is 0.421. The van der Waals surface area contributed by atoms with Crippen LogP contribution in [0.1, 0.15) is 12.0 Å². The molecule has 1 amide bonds. The lowest BCUT2D eigenvalue weighted by atomic mass is 10.1. The summed E-state index contributed by atoms with van der Waals surface area (Å²) in [4.78, 5) is 14.3. The number of halogens is 1. The van der Waals surface area contributed by atoms with Crippen LogP contribution in [0.3, 0.4) is 0 Å². The highest BCUT2D eigenvalue weighted by molar-refractivity contribution is 7.91. The first-order valence-electron chi connectivity index (χ1n) is 9.35. The SMILES string of the molecule is O=C(CCc1ccc2c(c1)OCCO2)N1CCN(S(=O)(=O)c2ccc(Cl)s2)CC1. The molecular formula is C19H21ClN2O5S2. The van der Waals surface area contributed by atoms with E-state index in [-0.39, 0.29) is 23.2 Å². The second kappa shape index (κ2) is 8.51. The normalized spacial score (nSPS) is 17.3. The summed E-state index contributed by atoms with van der Waals surface area (Å²) in [5, 5.41) is 0. The van der Waals surface area contributed by atoms with Crippen molar-refractivity contribution in [3.05, 3.63) is 40.2 Å². The Morgan fingerprint density at radius 2 is 1.76 bits per heavy atom. The molecule has 10 heteroatoms. The number of ether oxygens (including phenoxy) is 2. The van der Waals surface area contributed by atoms with Gasteiger partial charge < -0.3 is 14.4 Å². The van der Waals surface area contributed by atoms with E-state index in [9.17, 15) is 13.2 Å². The number of hydrogen-bond acceptors (Lipinski definition) is 6. The van der Waals surface area contributed by atoms with E-state index in [0.717, 1.165) is 22.6 Å². The van der Waals surface area contributed by atoms with Crippen LogP contribution in [0.25, 0.3) is 0 Å². The van der Waals surface area contributed by atoms with E-state index >= 15 is 0 Å². The summed E-state index contributed by atoms with van der Waals surface area (Å²) in [6.07, 6.45) is 0.967. The maximum absolute atomic E-state index is 12.7. The highest BCUT2D eigenvalue weighted by Gasteiger charge is 2.31. The van der Waals surface area contributed by atoms with E-state index in [0.29, 0.717) is 49.2 Å². The molecule has 0 atom stereocenters. The van der Waals surface area contributed by atoms with E-state index in [4.69, 9.17) is 21.1 Å². The molecule has 1 fully saturated rings. The van der Waals surface area contributed by atoms with Gasteiger partial charge in [0.1, 0.15) is 17.4 Å². The van der Waals surface area contributed by atoms with Crippen LogP contribution in [0.15, 0.2) is 34.5 Å². The first kappa shape index (κ1) is 20.5. The average molecular weight is 457 g/mol. The van der Waals surface area contributed by atoms with Gasteiger partial charge in [-0.1, -0.05) is 17.7 Å². The van der Waals surface area contributed by atoms with Crippen LogP contribution in [-0.2, 0) is 21.2 Å². The van der Waals surface area contributed by atoms with E-state index < -0.39 is 10.0 Å². The number of piperazine rings is 1. The number of thiophene rings is 1. The summed E-state index contributed by atoms with van der Waals surface area (Å²) in [6.45, 7) is 2.42. The summed E-state index contributed by atoms with van der Waals surface area (Å²) in [5.74, 6) is 1.47. The van der Waals surface area contributed by atoms with E-state index in [1.54, 1.807) is 11.0 Å². The van der Waals surface area contributed by atoms with Crippen LogP contribution < -0.4 is 9.47 Å². The third kappa shape index (κ3) is 4.53. The van der Waals surface area contributed by atoms with Crippen LogP contribution in [0.5, 0.6) is 11.5 Å². The van der Waals surface area contributed by atoms with E-state index in [2.05, 4.69) is 0 Å². The largest absolute Gasteiger partial charge is 0.486 e. The number of sulfonamides is 1. The highest BCUT2D eigenvalue weighted by atomic mass is 35.5. The van der Waals surface area contributed by atoms with Crippen LogP contribution in [-0.4, -0.2) is 62.9 Å². The van der Waals surface area contributed by atoms with Crippen molar-refractivity contribution < 1.29 is 22.7 Å². The predicted molar refractivity (Wildman–Crippen MR) is 110 cm³/mol. The molecule has 7 nitrogen and oxygen atoms in total. The Morgan fingerprint density at radius 1 is 1.03 bits per heavy atom. The molecule has 156 valence electrons. The van der Waals surface area contributed by atoms with Gasteiger partial charge in [-0.15, -0.1) is 11.3 Å². The second-order valence-electron chi connectivity index (χ2n) is 6.82. The zero-order valence-corrected chi connectivity index (χ0v) is 18.1. The lowest BCUT2D eigenvalue weighted by Crippen LogP contribution is -2.50. The van der Waals surface area contributed by atoms with Crippen molar-refractivity contribution in [2.24, 2.45) is 0 Å². The van der Waals surface area contributed by atoms with Gasteiger partial charge in [-0.25, -0.2) is 8.42 Å². The van der Waals surface area contributed by atoms with Crippen LogP contribution in [0.4, 0.5) is 0 Å². The Hall–Kier alpha value is -1.81. The van der Waals surface area contributed by atoms with Crippen molar-refractivity contribution in [1.29, 1.82) is 0 Å². The fourth-order valence-electron chi connectivity index (χ4n) is 3.39. The summed E-state index contributed by atoms with van der Waals surface area (Å²) in [7, 11) is -3.55. The number of carbonyl (C=O) groups excluding carboxylic acids is 1. The Labute approximate surface area is 178 Å². The Kier molecular flexibility index (Phi) is 6.00. The third-order valence-corrected chi connectivity index (χ3v) is 8.57. The molecule has 1 aromatic heterocycles. The molecule has 0 radical (unpaired) electrons. The number of hydrogen-bond donors (Lipinski definition) is 0. The number of rotatable bonds is 5.